The fourth-order valence-corrected chi connectivity index (χ4v) is 21.9. The third-order valence-electron chi connectivity index (χ3n) is 24.8. The average molecular weight is 1090 g/mol. The highest BCUT2D eigenvalue weighted by Crippen LogP contribution is 2.87. The number of nitrogens with zero attached hydrogens (tertiary/aromatic N) is 3. The van der Waals surface area contributed by atoms with Gasteiger partial charge in [-0.15, -0.1) is 0 Å². The van der Waals surface area contributed by atoms with E-state index in [9.17, 15) is 0 Å². The van der Waals surface area contributed by atoms with Crippen LogP contribution in [-0.2, 0) is 27.1 Å². The lowest BCUT2D eigenvalue weighted by molar-refractivity contribution is -0.198. The molecule has 0 saturated heterocycles. The summed E-state index contributed by atoms with van der Waals surface area (Å²) in [4.78, 5) is 12.2. The summed E-state index contributed by atoms with van der Waals surface area (Å²) in [5.74, 6) is 2.50. The molecular formula is C82H61N3. The molecule has 13 aromatic rings. The Morgan fingerprint density at radius 1 is 0.388 bits per heavy atom. The van der Waals surface area contributed by atoms with E-state index < -0.39 is 10.8 Å². The maximum Gasteiger partial charge on any atom is 0.0892 e. The van der Waals surface area contributed by atoms with Gasteiger partial charge in [-0.3, -0.25) is 9.97 Å². The Morgan fingerprint density at radius 2 is 0.800 bits per heavy atom. The number of rotatable bonds is 3. The normalized spacial score (nSPS) is 24.1. The van der Waals surface area contributed by atoms with Gasteiger partial charge in [0.25, 0.3) is 0 Å². The van der Waals surface area contributed by atoms with E-state index in [1.165, 1.54) is 159 Å². The number of hydrogen-bond acceptors (Lipinski definition) is 2. The fraction of sp³-hybridized carbons (Fsp3) is 0.220. The van der Waals surface area contributed by atoms with E-state index in [0.717, 1.165) is 40.2 Å². The molecule has 3 nitrogen and oxygen atoms in total. The highest BCUT2D eigenvalue weighted by atomic mass is 15.0. The van der Waals surface area contributed by atoms with Gasteiger partial charge < -0.3 is 4.40 Å². The van der Waals surface area contributed by atoms with Crippen molar-refractivity contribution in [3.8, 4) is 44.5 Å². The van der Waals surface area contributed by atoms with E-state index in [4.69, 9.17) is 9.97 Å². The quantitative estimate of drug-likeness (QED) is 0.176. The molecule has 3 heteroatoms. The second-order valence-corrected chi connectivity index (χ2v) is 28.3. The van der Waals surface area contributed by atoms with Crippen molar-refractivity contribution >= 4 is 38.1 Å². The van der Waals surface area contributed by atoms with Crippen LogP contribution in [0.4, 0.5) is 0 Å². The number of benzene rings is 9. The van der Waals surface area contributed by atoms with Gasteiger partial charge in [-0.2, -0.15) is 0 Å². The molecule has 0 aliphatic heterocycles. The van der Waals surface area contributed by atoms with Gasteiger partial charge >= 0.3 is 0 Å². The third kappa shape index (κ3) is 4.87. The standard InChI is InChI=1S/C82H61N3/c1-77(2)56-27-11-15-31-60(56)81(61-32-16-12-28-57(61)77)64-35-19-25-52(47-21-7-5-8-22-47)68(64)72-70-54-39-49(79-41-46-37-50-38-51(43-79)80(50,79)42-46)40-55-71-67(85(74(54)55)66(70)44-83-75(72)81)45-84-76-73(71)69-53(48-23-9-6-10-24-48)26-20-36-65(69)82(76)62-33-17-13-29-58(62)78(3,4)59-30-14-18-34-63(59)82/h5-36,39-40,44-46,50-51H,37-38,41-43H2,1-4H3. The van der Waals surface area contributed by atoms with Gasteiger partial charge in [0.2, 0.25) is 0 Å². The van der Waals surface area contributed by atoms with Crippen LogP contribution in [0.1, 0.15) is 132 Å². The lowest BCUT2D eigenvalue weighted by atomic mass is 9.31. The van der Waals surface area contributed by atoms with E-state index in [1.807, 2.05) is 0 Å². The Morgan fingerprint density at radius 3 is 1.22 bits per heavy atom. The smallest absolute Gasteiger partial charge is 0.0892 e. The molecule has 85 heavy (non-hydrogen) atoms. The topological polar surface area (TPSA) is 30.2 Å². The molecule has 0 radical (unpaired) electrons. The van der Waals surface area contributed by atoms with Gasteiger partial charge in [-0.05, 0) is 162 Å². The minimum Gasteiger partial charge on any atom is -0.305 e. The highest BCUT2D eigenvalue weighted by molar-refractivity contribution is 6.30. The van der Waals surface area contributed by atoms with Crippen molar-refractivity contribution in [2.24, 2.45) is 23.2 Å². The van der Waals surface area contributed by atoms with Crippen LogP contribution in [0, 0.1) is 23.2 Å². The largest absolute Gasteiger partial charge is 0.305 e. The fourth-order valence-electron chi connectivity index (χ4n) is 21.9. The molecule has 21 rings (SSSR count). The lowest BCUT2D eigenvalue weighted by Crippen LogP contribution is -2.68. The molecule has 0 amide bonds. The van der Waals surface area contributed by atoms with Gasteiger partial charge in [0.15, 0.2) is 0 Å². The molecule has 0 N–H and O–H groups in total. The Kier molecular flexibility index (Phi) is 8.16. The number of hydrogen-bond donors (Lipinski definition) is 0. The summed E-state index contributed by atoms with van der Waals surface area (Å²) in [6, 6.07) is 79.8. The summed E-state index contributed by atoms with van der Waals surface area (Å²) in [6.45, 7) is 9.71. The summed E-state index contributed by atoms with van der Waals surface area (Å²) in [5.41, 5.74) is 29.9. The summed E-state index contributed by atoms with van der Waals surface area (Å²) in [7, 11) is 0. The van der Waals surface area contributed by atoms with E-state index in [0.29, 0.717) is 5.41 Å². The molecule has 5 unspecified atom stereocenters. The van der Waals surface area contributed by atoms with Crippen molar-refractivity contribution in [1.29, 1.82) is 0 Å². The van der Waals surface area contributed by atoms with E-state index >= 15 is 0 Å². The first-order valence-corrected chi connectivity index (χ1v) is 31.5. The zero-order valence-corrected chi connectivity index (χ0v) is 48.4. The molecule has 2 bridgehead atoms. The maximum atomic E-state index is 6.09. The van der Waals surface area contributed by atoms with Gasteiger partial charge in [-0.1, -0.05) is 222 Å². The van der Waals surface area contributed by atoms with Crippen molar-refractivity contribution < 1.29 is 0 Å². The second-order valence-electron chi connectivity index (χ2n) is 28.3. The third-order valence-corrected chi connectivity index (χ3v) is 24.8. The average Bonchev–Trinajstić information content (AvgIpc) is 1.52. The molecule has 8 aliphatic rings. The molecule has 4 fully saturated rings. The van der Waals surface area contributed by atoms with Crippen molar-refractivity contribution in [2.45, 2.75) is 86.9 Å². The summed E-state index contributed by atoms with van der Waals surface area (Å²) >= 11 is 0. The maximum absolute atomic E-state index is 6.09. The Balaban J connectivity index is 0.963. The number of fused-ring (bicyclic) bond motifs is 27. The SMILES string of the molecule is CC1(C)c2ccccc2C2(c3ccccc31)c1cccc(-c3ccccc3)c1-c1c2ncc2c1c1cc(C34CC5CC6CC(C3)C64C5)cc3c4c5c(ncc4n2c13)C1(c2ccccc2C(C)(C)c2ccccc21)c1cccc(-c2ccccc2)c1-5. The summed E-state index contributed by atoms with van der Waals surface area (Å²) in [5, 5.41) is 5.38. The van der Waals surface area contributed by atoms with Crippen molar-refractivity contribution in [3.63, 3.8) is 0 Å². The summed E-state index contributed by atoms with van der Waals surface area (Å²) < 4.78 is 2.65. The number of aromatic nitrogens is 3. The van der Waals surface area contributed by atoms with Gasteiger partial charge in [-0.25, -0.2) is 0 Å². The van der Waals surface area contributed by atoms with Crippen LogP contribution >= 0.6 is 0 Å². The van der Waals surface area contributed by atoms with Crippen LogP contribution in [0.3, 0.4) is 0 Å². The molecule has 3 spiro atoms. The molecule has 4 heterocycles. The predicted molar refractivity (Wildman–Crippen MR) is 344 cm³/mol. The zero-order chi connectivity index (χ0) is 55.9. The first-order chi connectivity index (χ1) is 41.6. The van der Waals surface area contributed by atoms with E-state index in [-0.39, 0.29) is 16.2 Å². The molecule has 5 atom stereocenters. The van der Waals surface area contributed by atoms with Crippen LogP contribution in [0.2, 0.25) is 0 Å². The zero-order valence-electron chi connectivity index (χ0n) is 48.4. The second kappa shape index (κ2) is 14.9. The molecule has 4 aromatic heterocycles. The van der Waals surface area contributed by atoms with Crippen molar-refractivity contribution in [2.75, 3.05) is 0 Å². The Labute approximate surface area is 495 Å². The number of pyridine rings is 2. The molecule has 404 valence electrons. The van der Waals surface area contributed by atoms with Gasteiger partial charge in [0.1, 0.15) is 0 Å². The van der Waals surface area contributed by atoms with E-state index in [1.54, 1.807) is 5.56 Å². The summed E-state index contributed by atoms with van der Waals surface area (Å²) in [6.07, 6.45) is 11.5. The Bertz CT molecular complexity index is 4820. The molecule has 4 saturated carbocycles. The minimum absolute atomic E-state index is 0.167. The molecule has 9 aromatic carbocycles. The van der Waals surface area contributed by atoms with Crippen molar-refractivity contribution in [1.82, 2.24) is 14.4 Å². The van der Waals surface area contributed by atoms with Crippen LogP contribution in [-0.4, -0.2) is 14.4 Å². The highest BCUT2D eigenvalue weighted by Gasteiger charge is 2.80. The Hall–Kier alpha value is -8.92. The molecule has 8 aliphatic carbocycles. The first kappa shape index (κ1) is 46.5. The lowest BCUT2D eigenvalue weighted by Gasteiger charge is -2.73. The van der Waals surface area contributed by atoms with Crippen LogP contribution in [0.15, 0.2) is 219 Å². The van der Waals surface area contributed by atoms with Gasteiger partial charge in [0.05, 0.1) is 51.2 Å². The van der Waals surface area contributed by atoms with Crippen LogP contribution in [0.5, 0.6) is 0 Å². The first-order valence-electron chi connectivity index (χ1n) is 31.5. The molecular weight excluding hydrogens is 1030 g/mol. The van der Waals surface area contributed by atoms with Gasteiger partial charge in [0, 0.05) is 48.9 Å². The van der Waals surface area contributed by atoms with E-state index in [2.05, 4.69) is 251 Å². The van der Waals surface area contributed by atoms with Crippen LogP contribution in [0.25, 0.3) is 82.6 Å². The van der Waals surface area contributed by atoms with Crippen LogP contribution < -0.4 is 0 Å². The monoisotopic (exact) mass is 1090 g/mol. The van der Waals surface area contributed by atoms with Crippen molar-refractivity contribution in [3.05, 3.63) is 291 Å². The minimum atomic E-state index is -0.665. The predicted octanol–water partition coefficient (Wildman–Crippen LogP) is 19.0.